The second-order valence-electron chi connectivity index (χ2n) is 7.46. The van der Waals surface area contributed by atoms with Crippen LogP contribution in [-0.2, 0) is 14.4 Å². The number of hydrogen-bond donors (Lipinski definition) is 3. The van der Waals surface area contributed by atoms with E-state index in [2.05, 4.69) is 19.2 Å². The summed E-state index contributed by atoms with van der Waals surface area (Å²) in [5.41, 5.74) is 4.94. The zero-order chi connectivity index (χ0) is 18.1. The highest BCUT2D eigenvalue weighted by atomic mass is 16.4. The minimum Gasteiger partial charge on any atom is -0.481 e. The Kier molecular flexibility index (Phi) is 8.79. The van der Waals surface area contributed by atoms with Gasteiger partial charge in [-0.3, -0.25) is 14.4 Å². The first-order valence-corrected chi connectivity index (χ1v) is 9.08. The molecular weight excluding hydrogens is 308 g/mol. The van der Waals surface area contributed by atoms with Crippen LogP contribution >= 0.6 is 0 Å². The maximum absolute atomic E-state index is 11.5. The summed E-state index contributed by atoms with van der Waals surface area (Å²) in [6.45, 7) is 4.26. The Morgan fingerprint density at radius 2 is 1.46 bits per heavy atom. The highest BCUT2D eigenvalue weighted by Crippen LogP contribution is 2.29. The normalized spacial score (nSPS) is 29.8. The van der Waals surface area contributed by atoms with Crippen LogP contribution in [0.4, 0.5) is 0 Å². The van der Waals surface area contributed by atoms with Gasteiger partial charge in [0.2, 0.25) is 11.8 Å². The number of primary amides is 1. The standard InChI is InChI=1S/C10H18N2O2.C8H14O2/c1-7-3-2-4-8(5-7)10(14)12-6-9(11)13;1-6-3-2-4-7(5-6)8(9)10/h7-8H,2-6H2,1H3,(H2,11,13)(H,12,14);6-7H,2-5H2,1H3,(H,9,10). The fourth-order valence-electron chi connectivity index (χ4n) is 3.65. The molecule has 24 heavy (non-hydrogen) atoms. The molecule has 4 unspecified atom stereocenters. The van der Waals surface area contributed by atoms with E-state index in [1.54, 1.807) is 0 Å². The zero-order valence-electron chi connectivity index (χ0n) is 14.9. The maximum Gasteiger partial charge on any atom is 0.306 e. The largest absolute Gasteiger partial charge is 0.481 e. The summed E-state index contributed by atoms with van der Waals surface area (Å²) in [5, 5.41) is 11.2. The summed E-state index contributed by atoms with van der Waals surface area (Å²) in [6, 6.07) is 0. The number of carbonyl (C=O) groups is 3. The van der Waals surface area contributed by atoms with E-state index in [1.807, 2.05) is 0 Å². The number of carboxylic acid groups (broad SMARTS) is 1. The Hall–Kier alpha value is -1.59. The highest BCUT2D eigenvalue weighted by Gasteiger charge is 2.25. The zero-order valence-corrected chi connectivity index (χ0v) is 14.9. The van der Waals surface area contributed by atoms with Crippen molar-refractivity contribution >= 4 is 17.8 Å². The molecule has 2 rings (SSSR count). The maximum atomic E-state index is 11.5. The van der Waals surface area contributed by atoms with Crippen molar-refractivity contribution in [2.24, 2.45) is 29.4 Å². The lowest BCUT2D eigenvalue weighted by Crippen LogP contribution is -2.38. The van der Waals surface area contributed by atoms with E-state index < -0.39 is 11.9 Å². The van der Waals surface area contributed by atoms with Gasteiger partial charge in [0.15, 0.2) is 0 Å². The van der Waals surface area contributed by atoms with Crippen molar-refractivity contribution < 1.29 is 19.5 Å². The summed E-state index contributed by atoms with van der Waals surface area (Å²) in [6.07, 6.45) is 8.27. The van der Waals surface area contributed by atoms with Crippen molar-refractivity contribution in [1.82, 2.24) is 5.32 Å². The van der Waals surface area contributed by atoms with Crippen LogP contribution < -0.4 is 11.1 Å². The number of rotatable bonds is 4. The number of nitrogens with one attached hydrogen (secondary N) is 1. The molecule has 138 valence electrons. The smallest absolute Gasteiger partial charge is 0.306 e. The lowest BCUT2D eigenvalue weighted by atomic mass is 9.82. The quantitative estimate of drug-likeness (QED) is 0.729. The Morgan fingerprint density at radius 3 is 1.88 bits per heavy atom. The molecule has 0 aromatic carbocycles. The van der Waals surface area contributed by atoms with Crippen LogP contribution in [0.25, 0.3) is 0 Å². The molecule has 2 saturated carbocycles. The first-order valence-electron chi connectivity index (χ1n) is 9.08. The number of amides is 2. The van der Waals surface area contributed by atoms with Crippen LogP contribution in [0.5, 0.6) is 0 Å². The highest BCUT2D eigenvalue weighted by molar-refractivity contribution is 5.84. The van der Waals surface area contributed by atoms with Gasteiger partial charge in [-0.15, -0.1) is 0 Å². The van der Waals surface area contributed by atoms with Gasteiger partial charge in [0.05, 0.1) is 12.5 Å². The van der Waals surface area contributed by atoms with Gasteiger partial charge in [0.25, 0.3) is 0 Å². The van der Waals surface area contributed by atoms with E-state index in [-0.39, 0.29) is 24.3 Å². The molecule has 2 fully saturated rings. The van der Waals surface area contributed by atoms with E-state index in [1.165, 1.54) is 12.8 Å². The molecule has 6 heteroatoms. The fourth-order valence-corrected chi connectivity index (χ4v) is 3.65. The Morgan fingerprint density at radius 1 is 0.958 bits per heavy atom. The number of aliphatic carboxylic acids is 1. The molecule has 0 aromatic rings. The molecule has 0 saturated heterocycles. The topological polar surface area (TPSA) is 109 Å². The lowest BCUT2D eigenvalue weighted by molar-refractivity contribution is -0.143. The molecule has 0 radical (unpaired) electrons. The van der Waals surface area contributed by atoms with E-state index >= 15 is 0 Å². The number of carboxylic acids is 1. The summed E-state index contributed by atoms with van der Waals surface area (Å²) in [4.78, 5) is 32.5. The molecule has 0 aliphatic heterocycles. The summed E-state index contributed by atoms with van der Waals surface area (Å²) in [5.74, 6) is 0.161. The lowest BCUT2D eigenvalue weighted by Gasteiger charge is -2.25. The molecule has 4 N–H and O–H groups in total. The molecular formula is C18H32N2O4. The number of carbonyl (C=O) groups excluding carboxylic acids is 2. The third-order valence-electron chi connectivity index (χ3n) is 5.03. The van der Waals surface area contributed by atoms with Crippen LogP contribution in [-0.4, -0.2) is 29.4 Å². The predicted molar refractivity (Wildman–Crippen MR) is 92.1 cm³/mol. The second kappa shape index (κ2) is 10.3. The van der Waals surface area contributed by atoms with Gasteiger partial charge >= 0.3 is 5.97 Å². The van der Waals surface area contributed by atoms with Gasteiger partial charge in [-0.25, -0.2) is 0 Å². The van der Waals surface area contributed by atoms with Crippen molar-refractivity contribution in [1.29, 1.82) is 0 Å². The van der Waals surface area contributed by atoms with Crippen LogP contribution in [0.2, 0.25) is 0 Å². The minimum absolute atomic E-state index is 0.0182. The first kappa shape index (κ1) is 20.5. The summed E-state index contributed by atoms with van der Waals surface area (Å²) in [7, 11) is 0. The van der Waals surface area contributed by atoms with Crippen LogP contribution in [0.1, 0.15) is 65.2 Å². The van der Waals surface area contributed by atoms with Gasteiger partial charge in [0.1, 0.15) is 0 Å². The summed E-state index contributed by atoms with van der Waals surface area (Å²) >= 11 is 0. The monoisotopic (exact) mass is 340 g/mol. The van der Waals surface area contributed by atoms with Crippen molar-refractivity contribution in [3.63, 3.8) is 0 Å². The molecule has 2 aliphatic rings. The number of nitrogens with two attached hydrogens (primary N) is 1. The molecule has 4 atom stereocenters. The Labute approximate surface area is 144 Å². The van der Waals surface area contributed by atoms with E-state index in [0.717, 1.165) is 38.5 Å². The van der Waals surface area contributed by atoms with Crippen LogP contribution in [0.15, 0.2) is 0 Å². The molecule has 0 bridgehead atoms. The van der Waals surface area contributed by atoms with Crippen molar-refractivity contribution in [3.8, 4) is 0 Å². The van der Waals surface area contributed by atoms with Gasteiger partial charge in [-0.2, -0.15) is 0 Å². The minimum atomic E-state index is -0.605. The van der Waals surface area contributed by atoms with Crippen molar-refractivity contribution in [2.45, 2.75) is 65.2 Å². The van der Waals surface area contributed by atoms with Gasteiger partial charge < -0.3 is 16.2 Å². The van der Waals surface area contributed by atoms with Gasteiger partial charge in [-0.05, 0) is 37.5 Å². The molecule has 2 aliphatic carbocycles. The molecule has 6 nitrogen and oxygen atoms in total. The molecule has 0 heterocycles. The fraction of sp³-hybridized carbons (Fsp3) is 0.833. The SMILES string of the molecule is CC1CCCC(C(=O)NCC(N)=O)C1.CC1CCCC(C(=O)O)C1. The van der Waals surface area contributed by atoms with Crippen LogP contribution in [0, 0.1) is 23.7 Å². The molecule has 2 amide bonds. The van der Waals surface area contributed by atoms with Crippen molar-refractivity contribution in [3.05, 3.63) is 0 Å². The van der Waals surface area contributed by atoms with E-state index in [4.69, 9.17) is 10.8 Å². The Bertz CT molecular complexity index is 439. The van der Waals surface area contributed by atoms with E-state index in [0.29, 0.717) is 11.8 Å². The van der Waals surface area contributed by atoms with Crippen LogP contribution in [0.3, 0.4) is 0 Å². The Balaban J connectivity index is 0.000000254. The summed E-state index contributed by atoms with van der Waals surface area (Å²) < 4.78 is 0. The third kappa shape index (κ3) is 7.79. The van der Waals surface area contributed by atoms with Crippen molar-refractivity contribution in [2.75, 3.05) is 6.54 Å². The average molecular weight is 340 g/mol. The first-order chi connectivity index (χ1) is 11.3. The molecule has 0 aromatic heterocycles. The number of hydrogen-bond acceptors (Lipinski definition) is 3. The van der Waals surface area contributed by atoms with E-state index in [9.17, 15) is 14.4 Å². The van der Waals surface area contributed by atoms with Gasteiger partial charge in [0, 0.05) is 5.92 Å². The predicted octanol–water partition coefficient (Wildman–Crippen LogP) is 2.31. The average Bonchev–Trinajstić information content (AvgIpc) is 2.53. The second-order valence-corrected chi connectivity index (χ2v) is 7.46. The third-order valence-corrected chi connectivity index (χ3v) is 5.03. The van der Waals surface area contributed by atoms with Gasteiger partial charge in [-0.1, -0.05) is 39.5 Å². The molecule has 0 spiro atoms.